The number of amides is 2. The number of nitrogens with zero attached hydrogens (tertiary/aromatic N) is 1. The highest BCUT2D eigenvalue weighted by atomic mass is 79.9. The number of anilines is 2. The van der Waals surface area contributed by atoms with Gasteiger partial charge in [-0.05, 0) is 53.2 Å². The minimum atomic E-state index is -4.53. The molecule has 0 fully saturated rings. The van der Waals surface area contributed by atoms with Gasteiger partial charge < -0.3 is 15.5 Å². The van der Waals surface area contributed by atoms with Gasteiger partial charge in [0.15, 0.2) is 0 Å². The van der Waals surface area contributed by atoms with Gasteiger partial charge in [0.25, 0.3) is 5.91 Å². The van der Waals surface area contributed by atoms with E-state index in [0.29, 0.717) is 10.6 Å². The summed E-state index contributed by atoms with van der Waals surface area (Å²) in [7, 11) is 3.30. The highest BCUT2D eigenvalue weighted by molar-refractivity contribution is 9.11. The van der Waals surface area contributed by atoms with Gasteiger partial charge in [-0.15, -0.1) is 11.3 Å². The quantitative estimate of drug-likeness (QED) is 0.692. The van der Waals surface area contributed by atoms with Crippen LogP contribution in [0.2, 0.25) is 0 Å². The number of carbonyl (C=O) groups is 2. The van der Waals surface area contributed by atoms with Crippen LogP contribution in [-0.4, -0.2) is 32.0 Å². The minimum absolute atomic E-state index is 0.0137. The molecule has 1 unspecified atom stereocenters. The maximum absolute atomic E-state index is 13.0. The van der Waals surface area contributed by atoms with Crippen LogP contribution < -0.4 is 15.5 Å². The fourth-order valence-electron chi connectivity index (χ4n) is 2.21. The molecule has 5 nitrogen and oxygen atoms in total. The minimum Gasteiger partial charge on any atom is -0.376 e. The largest absolute Gasteiger partial charge is 0.416 e. The normalized spacial score (nSPS) is 12.4. The second-order valence-electron chi connectivity index (χ2n) is 5.91. The van der Waals surface area contributed by atoms with Crippen LogP contribution in [0, 0.1) is 0 Å². The van der Waals surface area contributed by atoms with Crippen molar-refractivity contribution in [3.63, 3.8) is 0 Å². The molecule has 2 amide bonds. The van der Waals surface area contributed by atoms with Crippen LogP contribution in [0.1, 0.15) is 22.2 Å². The molecule has 2 N–H and O–H groups in total. The van der Waals surface area contributed by atoms with Gasteiger partial charge in [0.2, 0.25) is 5.91 Å². The SMILES string of the molecule is CC(NC(=O)c1ccc(Br)s1)C(=O)Nc1cc(C(F)(F)F)ccc1N(C)C. The van der Waals surface area contributed by atoms with Crippen molar-refractivity contribution >= 4 is 50.5 Å². The van der Waals surface area contributed by atoms with Crippen LogP contribution in [0.4, 0.5) is 24.5 Å². The van der Waals surface area contributed by atoms with Gasteiger partial charge in [-0.2, -0.15) is 13.2 Å². The van der Waals surface area contributed by atoms with Crippen molar-refractivity contribution < 1.29 is 22.8 Å². The van der Waals surface area contributed by atoms with Crippen molar-refractivity contribution in [3.05, 3.63) is 44.6 Å². The Morgan fingerprint density at radius 2 is 1.85 bits per heavy atom. The smallest absolute Gasteiger partial charge is 0.376 e. The number of hydrogen-bond acceptors (Lipinski definition) is 4. The Balaban J connectivity index is 2.16. The third-order valence-corrected chi connectivity index (χ3v) is 5.22. The Morgan fingerprint density at radius 3 is 2.37 bits per heavy atom. The first-order valence-corrected chi connectivity index (χ1v) is 9.35. The van der Waals surface area contributed by atoms with E-state index in [1.54, 1.807) is 31.1 Å². The van der Waals surface area contributed by atoms with E-state index in [4.69, 9.17) is 0 Å². The second kappa shape index (κ2) is 8.30. The molecule has 0 aliphatic rings. The molecule has 1 atom stereocenters. The first kappa shape index (κ1) is 21.2. The molecule has 2 aromatic rings. The van der Waals surface area contributed by atoms with E-state index in [2.05, 4.69) is 26.6 Å². The number of halogens is 4. The van der Waals surface area contributed by atoms with Crippen LogP contribution in [0.3, 0.4) is 0 Å². The summed E-state index contributed by atoms with van der Waals surface area (Å²) in [6.07, 6.45) is -4.53. The molecule has 1 aromatic carbocycles. The topological polar surface area (TPSA) is 61.4 Å². The van der Waals surface area contributed by atoms with Gasteiger partial charge in [0.1, 0.15) is 6.04 Å². The van der Waals surface area contributed by atoms with Crippen molar-refractivity contribution in [1.29, 1.82) is 0 Å². The Labute approximate surface area is 166 Å². The first-order chi connectivity index (χ1) is 12.5. The summed E-state index contributed by atoms with van der Waals surface area (Å²) in [4.78, 5) is 26.5. The van der Waals surface area contributed by atoms with Gasteiger partial charge in [-0.1, -0.05) is 0 Å². The van der Waals surface area contributed by atoms with Crippen LogP contribution in [0.15, 0.2) is 34.1 Å². The Hall–Kier alpha value is -2.07. The number of carbonyl (C=O) groups excluding carboxylic acids is 2. The molecule has 0 spiro atoms. The van der Waals surface area contributed by atoms with E-state index in [9.17, 15) is 22.8 Å². The molecule has 0 bridgehead atoms. The maximum atomic E-state index is 13.0. The van der Waals surface area contributed by atoms with E-state index in [-0.39, 0.29) is 5.69 Å². The zero-order valence-corrected chi connectivity index (χ0v) is 17.1. The summed E-state index contributed by atoms with van der Waals surface area (Å²) in [6.45, 7) is 1.46. The molecule has 0 radical (unpaired) electrons. The average Bonchev–Trinajstić information content (AvgIpc) is 3.00. The Morgan fingerprint density at radius 1 is 1.19 bits per heavy atom. The predicted octanol–water partition coefficient (Wildman–Crippen LogP) is 4.35. The number of nitrogens with one attached hydrogen (secondary N) is 2. The van der Waals surface area contributed by atoms with Crippen LogP contribution in [0.25, 0.3) is 0 Å². The monoisotopic (exact) mass is 463 g/mol. The van der Waals surface area contributed by atoms with Crippen molar-refractivity contribution in [2.24, 2.45) is 0 Å². The van der Waals surface area contributed by atoms with Gasteiger partial charge in [0, 0.05) is 14.1 Å². The Bertz CT molecular complexity index is 852. The van der Waals surface area contributed by atoms with Crippen molar-refractivity contribution in [1.82, 2.24) is 5.32 Å². The number of rotatable bonds is 5. The predicted molar refractivity (Wildman–Crippen MR) is 103 cm³/mol. The fraction of sp³-hybridized carbons (Fsp3) is 0.294. The summed E-state index contributed by atoms with van der Waals surface area (Å²) in [5, 5.41) is 4.99. The highest BCUT2D eigenvalue weighted by Gasteiger charge is 2.31. The van der Waals surface area contributed by atoms with Gasteiger partial charge in [-0.3, -0.25) is 9.59 Å². The summed E-state index contributed by atoms with van der Waals surface area (Å²) in [6, 6.07) is 5.47. The standard InChI is InChI=1S/C17H17BrF3N3O2S/c1-9(22-16(26)13-6-7-14(18)27-13)15(25)23-11-8-10(17(19,20)21)4-5-12(11)24(2)3/h4-9H,1-3H3,(H,22,26)(H,23,25). The van der Waals surface area contributed by atoms with Gasteiger partial charge in [-0.25, -0.2) is 0 Å². The molecule has 27 heavy (non-hydrogen) atoms. The third-order valence-electron chi connectivity index (χ3n) is 3.60. The average molecular weight is 464 g/mol. The molecule has 0 aliphatic carbocycles. The molecule has 1 heterocycles. The number of alkyl halides is 3. The number of benzene rings is 1. The number of thiophene rings is 1. The second-order valence-corrected chi connectivity index (χ2v) is 8.38. The molecule has 1 aromatic heterocycles. The van der Waals surface area contributed by atoms with E-state index in [0.717, 1.165) is 15.9 Å². The zero-order chi connectivity index (χ0) is 20.4. The summed E-state index contributed by atoms with van der Waals surface area (Å²) >= 11 is 4.45. The fourth-order valence-corrected chi connectivity index (χ4v) is 3.50. The molecule has 0 saturated carbocycles. The van der Waals surface area contributed by atoms with Gasteiger partial charge in [0.05, 0.1) is 25.6 Å². The molecule has 0 saturated heterocycles. The molecular formula is C17H17BrF3N3O2S. The molecule has 2 rings (SSSR count). The number of hydrogen-bond donors (Lipinski definition) is 2. The lowest BCUT2D eigenvalue weighted by atomic mass is 10.1. The first-order valence-electron chi connectivity index (χ1n) is 7.74. The molecule has 0 aliphatic heterocycles. The van der Waals surface area contributed by atoms with E-state index < -0.39 is 29.6 Å². The lowest BCUT2D eigenvalue weighted by Gasteiger charge is -2.21. The molecule has 10 heteroatoms. The van der Waals surface area contributed by atoms with Crippen molar-refractivity contribution in [2.45, 2.75) is 19.1 Å². The highest BCUT2D eigenvalue weighted by Crippen LogP contribution is 2.35. The zero-order valence-electron chi connectivity index (χ0n) is 14.6. The molecular weight excluding hydrogens is 447 g/mol. The van der Waals surface area contributed by atoms with E-state index in [1.807, 2.05) is 0 Å². The van der Waals surface area contributed by atoms with E-state index >= 15 is 0 Å². The summed E-state index contributed by atoms with van der Waals surface area (Å²) in [5.74, 6) is -1.06. The third kappa shape index (κ3) is 5.46. The lowest BCUT2D eigenvalue weighted by molar-refractivity contribution is -0.137. The van der Waals surface area contributed by atoms with Crippen LogP contribution in [0.5, 0.6) is 0 Å². The molecule has 146 valence electrons. The van der Waals surface area contributed by atoms with E-state index in [1.165, 1.54) is 24.3 Å². The summed E-state index contributed by atoms with van der Waals surface area (Å²) in [5.41, 5.74) is -0.444. The van der Waals surface area contributed by atoms with Crippen LogP contribution >= 0.6 is 27.3 Å². The summed E-state index contributed by atoms with van der Waals surface area (Å²) < 4.78 is 39.7. The Kier molecular flexibility index (Phi) is 6.53. The van der Waals surface area contributed by atoms with Crippen LogP contribution in [-0.2, 0) is 11.0 Å². The van der Waals surface area contributed by atoms with Gasteiger partial charge >= 0.3 is 6.18 Å². The maximum Gasteiger partial charge on any atom is 0.416 e. The lowest BCUT2D eigenvalue weighted by Crippen LogP contribution is -2.41. The van der Waals surface area contributed by atoms with Crippen molar-refractivity contribution in [3.8, 4) is 0 Å². The van der Waals surface area contributed by atoms with Crippen molar-refractivity contribution in [2.75, 3.05) is 24.3 Å².